The molecule has 0 aromatic rings. The van der Waals surface area contributed by atoms with E-state index in [0.717, 1.165) is 12.8 Å². The minimum atomic E-state index is -0.752. The minimum absolute atomic E-state index is 0.0194. The molecule has 2 amide bonds. The van der Waals surface area contributed by atoms with Gasteiger partial charge in [-0.25, -0.2) is 0 Å². The van der Waals surface area contributed by atoms with Crippen LogP contribution in [-0.2, 0) is 19.1 Å². The molecule has 2 bridgehead atoms. The molecular formula is C28H44N2O5S. The Morgan fingerprint density at radius 2 is 1.92 bits per heavy atom. The monoisotopic (exact) mass is 520 g/mol. The Balaban J connectivity index is 2.05. The highest BCUT2D eigenvalue weighted by Gasteiger charge is 2.76. The van der Waals surface area contributed by atoms with Crippen LogP contribution in [0.5, 0.6) is 0 Å². The number of β-amino-alcohol motifs (C(OH)–C–C–N with tert-alkyl or cyclic N) is 1. The van der Waals surface area contributed by atoms with E-state index >= 15 is 0 Å². The molecule has 1 spiro atoms. The van der Waals surface area contributed by atoms with Gasteiger partial charge in [0, 0.05) is 23.9 Å². The van der Waals surface area contributed by atoms with Gasteiger partial charge < -0.3 is 19.6 Å². The number of rotatable bonds is 11. The van der Waals surface area contributed by atoms with E-state index < -0.39 is 28.2 Å². The first-order valence-electron chi connectivity index (χ1n) is 13.1. The molecule has 7 nitrogen and oxygen atoms in total. The maximum atomic E-state index is 14.5. The van der Waals surface area contributed by atoms with Crippen molar-refractivity contribution < 1.29 is 24.2 Å². The van der Waals surface area contributed by atoms with Crippen LogP contribution < -0.4 is 0 Å². The molecule has 3 saturated heterocycles. The summed E-state index contributed by atoms with van der Waals surface area (Å²) in [7, 11) is 0. The quantitative estimate of drug-likeness (QED) is 0.254. The van der Waals surface area contributed by atoms with Crippen molar-refractivity contribution in [2.75, 3.05) is 26.3 Å². The van der Waals surface area contributed by atoms with E-state index in [1.807, 2.05) is 4.90 Å². The molecule has 0 saturated carbocycles. The van der Waals surface area contributed by atoms with Crippen molar-refractivity contribution in [3.05, 3.63) is 25.3 Å². The lowest BCUT2D eigenvalue weighted by Crippen LogP contribution is -2.61. The second-order valence-electron chi connectivity index (χ2n) is 12.3. The second kappa shape index (κ2) is 10.5. The summed E-state index contributed by atoms with van der Waals surface area (Å²) in [4.78, 5) is 45.0. The van der Waals surface area contributed by atoms with Crippen molar-refractivity contribution >= 4 is 29.5 Å². The lowest BCUT2D eigenvalue weighted by molar-refractivity contribution is -0.154. The molecule has 0 radical (unpaired) electrons. The number of likely N-dealkylation sites (tertiary alicyclic amines) is 1. The zero-order valence-electron chi connectivity index (χ0n) is 22.8. The Hall–Kier alpha value is -1.80. The SMILES string of the molecule is C=CCCOC(=O)[C@@H]1[C@H]2C(=O)N(CCO)C(C(=O)N(CC=C)C(C)(C)CC(C)(C)C)C23S[C@@H]1CC3C. The summed E-state index contributed by atoms with van der Waals surface area (Å²) in [6, 6.07) is -0.752. The van der Waals surface area contributed by atoms with Crippen LogP contribution in [0.4, 0.5) is 0 Å². The largest absolute Gasteiger partial charge is 0.465 e. The maximum absolute atomic E-state index is 14.5. The molecule has 36 heavy (non-hydrogen) atoms. The number of aliphatic hydroxyl groups excluding tert-OH is 1. The van der Waals surface area contributed by atoms with E-state index in [1.165, 1.54) is 0 Å². The van der Waals surface area contributed by atoms with E-state index in [2.05, 4.69) is 54.7 Å². The molecule has 3 rings (SSSR count). The normalized spacial score (nSPS) is 31.4. The number of fused-ring (bicyclic) bond motifs is 1. The van der Waals surface area contributed by atoms with Gasteiger partial charge in [0.25, 0.3) is 0 Å². The molecule has 8 heteroatoms. The third-order valence-corrected chi connectivity index (χ3v) is 10.0. The maximum Gasteiger partial charge on any atom is 0.310 e. The van der Waals surface area contributed by atoms with Gasteiger partial charge in [0.2, 0.25) is 11.8 Å². The van der Waals surface area contributed by atoms with E-state index in [0.29, 0.717) is 13.0 Å². The first kappa shape index (κ1) is 28.8. The van der Waals surface area contributed by atoms with Crippen molar-refractivity contribution in [1.29, 1.82) is 0 Å². The van der Waals surface area contributed by atoms with Crippen molar-refractivity contribution in [1.82, 2.24) is 9.80 Å². The number of esters is 1. The lowest BCUT2D eigenvalue weighted by Gasteiger charge is -2.46. The minimum Gasteiger partial charge on any atom is -0.465 e. The van der Waals surface area contributed by atoms with Gasteiger partial charge in [0.1, 0.15) is 6.04 Å². The Labute approximate surface area is 220 Å². The van der Waals surface area contributed by atoms with Crippen LogP contribution in [0.25, 0.3) is 0 Å². The van der Waals surface area contributed by atoms with Gasteiger partial charge in [0.05, 0.1) is 29.8 Å². The van der Waals surface area contributed by atoms with Crippen LogP contribution in [-0.4, -0.2) is 80.6 Å². The summed E-state index contributed by atoms with van der Waals surface area (Å²) in [6.07, 6.45) is 5.48. The first-order valence-corrected chi connectivity index (χ1v) is 13.9. The van der Waals surface area contributed by atoms with Crippen molar-refractivity contribution in [2.24, 2.45) is 23.2 Å². The topological polar surface area (TPSA) is 87.1 Å². The first-order chi connectivity index (χ1) is 16.8. The van der Waals surface area contributed by atoms with Gasteiger partial charge in [-0.05, 0) is 44.4 Å². The third kappa shape index (κ3) is 4.87. The standard InChI is InChI=1S/C28H44N2O5S/c1-9-11-15-35-25(34)20-19-16-18(3)28(36-19)21(20)23(32)29(13-14-31)22(28)24(33)30(12-10-2)27(7,8)17-26(4,5)6/h9-10,18-22,31H,1-2,11-17H2,3-8H3/t18?,19-,20+,21+,22?,28?/m1/s1. The number of carbonyl (C=O) groups is 3. The molecule has 202 valence electrons. The highest BCUT2D eigenvalue weighted by Crippen LogP contribution is 2.68. The van der Waals surface area contributed by atoms with E-state index in [-0.39, 0.29) is 54.1 Å². The molecule has 6 atom stereocenters. The zero-order valence-corrected chi connectivity index (χ0v) is 23.6. The number of hydrogen-bond donors (Lipinski definition) is 1. The molecule has 3 aliphatic rings. The van der Waals surface area contributed by atoms with Crippen LogP contribution in [0.1, 0.15) is 60.8 Å². The number of hydrogen-bond acceptors (Lipinski definition) is 6. The van der Waals surface area contributed by atoms with Gasteiger partial charge in [-0.2, -0.15) is 0 Å². The number of thioether (sulfide) groups is 1. The van der Waals surface area contributed by atoms with Crippen LogP contribution in [0, 0.1) is 23.2 Å². The van der Waals surface area contributed by atoms with E-state index in [1.54, 1.807) is 28.8 Å². The van der Waals surface area contributed by atoms with Gasteiger partial charge in [-0.1, -0.05) is 39.8 Å². The van der Waals surface area contributed by atoms with Gasteiger partial charge in [-0.3, -0.25) is 14.4 Å². The second-order valence-corrected chi connectivity index (χ2v) is 13.9. The fraction of sp³-hybridized carbons (Fsp3) is 0.750. The van der Waals surface area contributed by atoms with Gasteiger partial charge >= 0.3 is 5.97 Å². The Morgan fingerprint density at radius 3 is 2.47 bits per heavy atom. The predicted molar refractivity (Wildman–Crippen MR) is 143 cm³/mol. The average molecular weight is 521 g/mol. The fourth-order valence-corrected chi connectivity index (χ4v) is 9.46. The molecule has 0 aromatic heterocycles. The van der Waals surface area contributed by atoms with Crippen molar-refractivity contribution in [3.63, 3.8) is 0 Å². The third-order valence-electron chi connectivity index (χ3n) is 7.93. The number of amides is 2. The molecule has 0 aliphatic carbocycles. The van der Waals surface area contributed by atoms with Crippen LogP contribution in [0.3, 0.4) is 0 Å². The molecule has 3 heterocycles. The molecule has 0 aromatic carbocycles. The molecule has 3 fully saturated rings. The molecule has 1 N–H and O–H groups in total. The zero-order chi connectivity index (χ0) is 27.1. The van der Waals surface area contributed by atoms with Crippen LogP contribution >= 0.6 is 11.8 Å². The summed E-state index contributed by atoms with van der Waals surface area (Å²) in [6.45, 7) is 20.6. The number of aliphatic hydroxyl groups is 1. The molecule has 3 aliphatic heterocycles. The van der Waals surface area contributed by atoms with Crippen molar-refractivity contribution in [3.8, 4) is 0 Å². The highest BCUT2D eigenvalue weighted by molar-refractivity contribution is 8.02. The summed E-state index contributed by atoms with van der Waals surface area (Å²) < 4.78 is 4.81. The van der Waals surface area contributed by atoms with Crippen LogP contribution in [0.15, 0.2) is 25.3 Å². The summed E-state index contributed by atoms with van der Waals surface area (Å²) in [5.41, 5.74) is -0.506. The van der Waals surface area contributed by atoms with E-state index in [4.69, 9.17) is 4.74 Å². The summed E-state index contributed by atoms with van der Waals surface area (Å²) >= 11 is 1.62. The van der Waals surface area contributed by atoms with Gasteiger partial charge in [0.15, 0.2) is 0 Å². The summed E-state index contributed by atoms with van der Waals surface area (Å²) in [5, 5.41) is 9.81. The van der Waals surface area contributed by atoms with Crippen LogP contribution in [0.2, 0.25) is 0 Å². The highest BCUT2D eigenvalue weighted by atomic mass is 32.2. The number of ether oxygens (including phenoxy) is 1. The lowest BCUT2D eigenvalue weighted by atomic mass is 9.66. The summed E-state index contributed by atoms with van der Waals surface area (Å²) in [5.74, 6) is -1.87. The smallest absolute Gasteiger partial charge is 0.310 e. The Kier molecular flexibility index (Phi) is 8.41. The Bertz CT molecular complexity index is 897. The number of nitrogens with zero attached hydrogens (tertiary/aromatic N) is 2. The van der Waals surface area contributed by atoms with Gasteiger partial charge in [-0.15, -0.1) is 24.9 Å². The van der Waals surface area contributed by atoms with Crippen molar-refractivity contribution in [2.45, 2.75) is 82.4 Å². The fourth-order valence-electron chi connectivity index (χ4n) is 7.06. The molecular weight excluding hydrogens is 476 g/mol. The Morgan fingerprint density at radius 1 is 1.25 bits per heavy atom. The predicted octanol–water partition coefficient (Wildman–Crippen LogP) is 3.66. The number of carbonyl (C=O) groups excluding carboxylic acids is 3. The molecule has 3 unspecified atom stereocenters. The average Bonchev–Trinajstić information content (AvgIpc) is 3.34. The van der Waals surface area contributed by atoms with E-state index in [9.17, 15) is 19.5 Å².